The van der Waals surface area contributed by atoms with Crippen LogP contribution in [0.5, 0.6) is 0 Å². The monoisotopic (exact) mass is 468 g/mol. The van der Waals surface area contributed by atoms with Crippen molar-refractivity contribution in [1.29, 1.82) is 0 Å². The van der Waals surface area contributed by atoms with Gasteiger partial charge in [-0.2, -0.15) is 0 Å². The summed E-state index contributed by atoms with van der Waals surface area (Å²) in [6.45, 7) is 24.8. The Morgan fingerprint density at radius 1 is 0.424 bits per heavy atom. The molecule has 0 aliphatic rings. The average Bonchev–Trinajstić information content (AvgIpc) is 2.67. The smallest absolute Gasteiger partial charge is 0.135 e. The largest absolute Gasteiger partial charge is 0.299 e. The molecule has 0 aromatic carbocycles. The van der Waals surface area contributed by atoms with Crippen molar-refractivity contribution in [2.45, 2.75) is 141 Å². The van der Waals surface area contributed by atoms with Crippen LogP contribution in [0.25, 0.3) is 0 Å². The summed E-state index contributed by atoms with van der Waals surface area (Å²) >= 11 is 0. The molecule has 0 heterocycles. The van der Waals surface area contributed by atoms with Gasteiger partial charge in [-0.3, -0.25) is 14.4 Å². The lowest BCUT2D eigenvalue weighted by Gasteiger charge is -2.05. The first-order valence-electron chi connectivity index (χ1n) is 13.7. The van der Waals surface area contributed by atoms with E-state index in [0.717, 1.165) is 43.9 Å². The maximum Gasteiger partial charge on any atom is 0.135 e. The van der Waals surface area contributed by atoms with E-state index < -0.39 is 0 Å². The second-order valence-corrected chi connectivity index (χ2v) is 11.7. The number of hydrogen-bond acceptors (Lipinski definition) is 3. The third-order valence-corrected chi connectivity index (χ3v) is 5.45. The molecule has 33 heavy (non-hydrogen) atoms. The van der Waals surface area contributed by atoms with E-state index in [2.05, 4.69) is 41.5 Å². The van der Waals surface area contributed by atoms with Gasteiger partial charge < -0.3 is 0 Å². The Hall–Kier alpha value is -0.990. The Kier molecular flexibility index (Phi) is 25.3. The van der Waals surface area contributed by atoms with E-state index in [1.165, 1.54) is 25.7 Å². The Morgan fingerprint density at radius 3 is 1.09 bits per heavy atom. The summed E-state index contributed by atoms with van der Waals surface area (Å²) in [7, 11) is 0. The number of carbonyl (C=O) groups is 3. The molecule has 0 amide bonds. The third kappa shape index (κ3) is 31.0. The number of carbonyl (C=O) groups excluding carboxylic acids is 3. The summed E-state index contributed by atoms with van der Waals surface area (Å²) in [6.07, 6.45) is 9.43. The quantitative estimate of drug-likeness (QED) is 0.225. The lowest BCUT2D eigenvalue weighted by atomic mass is 9.99. The molecule has 0 aliphatic carbocycles. The Bertz CT molecular complexity index is 485. The molecule has 0 radical (unpaired) electrons. The molecule has 0 aromatic rings. The highest BCUT2D eigenvalue weighted by Crippen LogP contribution is 2.11. The van der Waals surface area contributed by atoms with Crippen LogP contribution in [0.15, 0.2) is 0 Å². The van der Waals surface area contributed by atoms with Crippen LogP contribution in [0.1, 0.15) is 141 Å². The van der Waals surface area contributed by atoms with Crippen LogP contribution in [0.3, 0.4) is 0 Å². The first-order chi connectivity index (χ1) is 15.1. The topological polar surface area (TPSA) is 51.2 Å². The van der Waals surface area contributed by atoms with Crippen molar-refractivity contribution < 1.29 is 14.4 Å². The molecule has 0 rings (SSSR count). The molecule has 0 atom stereocenters. The lowest BCUT2D eigenvalue weighted by Crippen LogP contribution is -2.09. The molecule has 0 aromatic heterocycles. The van der Waals surface area contributed by atoms with Crippen LogP contribution in [0.2, 0.25) is 0 Å². The van der Waals surface area contributed by atoms with E-state index in [1.807, 2.05) is 41.5 Å². The van der Waals surface area contributed by atoms with Crippen molar-refractivity contribution in [3.63, 3.8) is 0 Å². The molecule has 198 valence electrons. The highest BCUT2D eigenvalue weighted by Gasteiger charge is 2.08. The van der Waals surface area contributed by atoms with Crippen molar-refractivity contribution in [2.75, 3.05) is 0 Å². The van der Waals surface area contributed by atoms with Crippen LogP contribution in [-0.2, 0) is 14.4 Å². The number of rotatable bonds is 15. The molecule has 0 bridgehead atoms. The zero-order chi connectivity index (χ0) is 26.6. The zero-order valence-corrected chi connectivity index (χ0v) is 24.6. The molecule has 3 nitrogen and oxygen atoms in total. The second kappa shape index (κ2) is 22.8. The number of unbranched alkanes of at least 4 members (excludes halogenated alkanes) is 2. The highest BCUT2D eigenvalue weighted by molar-refractivity contribution is 5.80. The molecule has 3 heteroatoms. The van der Waals surface area contributed by atoms with Crippen molar-refractivity contribution in [3.05, 3.63) is 0 Å². The van der Waals surface area contributed by atoms with Gasteiger partial charge in [0.15, 0.2) is 0 Å². The second-order valence-electron chi connectivity index (χ2n) is 11.7. The van der Waals surface area contributed by atoms with Crippen molar-refractivity contribution >= 4 is 17.3 Å². The predicted octanol–water partition coefficient (Wildman–Crippen LogP) is 9.11. The number of Topliss-reactive ketones (excluding diaryl/α,β-unsaturated/α-hetero) is 3. The predicted molar refractivity (Wildman–Crippen MR) is 146 cm³/mol. The van der Waals surface area contributed by atoms with Crippen LogP contribution >= 0.6 is 0 Å². The van der Waals surface area contributed by atoms with Gasteiger partial charge in [0, 0.05) is 37.0 Å². The van der Waals surface area contributed by atoms with Gasteiger partial charge in [-0.05, 0) is 30.6 Å². The third-order valence-electron chi connectivity index (χ3n) is 5.45. The van der Waals surface area contributed by atoms with Crippen LogP contribution in [-0.4, -0.2) is 17.3 Å². The lowest BCUT2D eigenvalue weighted by molar-refractivity contribution is -0.123. The zero-order valence-electron chi connectivity index (χ0n) is 24.6. The molecular weight excluding hydrogens is 408 g/mol. The average molecular weight is 469 g/mol. The van der Waals surface area contributed by atoms with Gasteiger partial charge in [0.2, 0.25) is 0 Å². The standard InChI is InChI=1S/C12H24O.C10H20O.C8H16O/c1-10(2)8-6-5-7-9-12(13)11(3)4;1-8(2)6-5-7-10(11)9(3)4;1-6(2)5-8(9)7(3)4/h10-11H,5-9H2,1-4H3;8-9H,5-7H2,1-4H3;6-7H,5H2,1-4H3. The van der Waals surface area contributed by atoms with Gasteiger partial charge in [0.25, 0.3) is 0 Å². The molecular formula is C30H60O3. The van der Waals surface area contributed by atoms with Crippen molar-refractivity contribution in [2.24, 2.45) is 35.5 Å². The van der Waals surface area contributed by atoms with Crippen LogP contribution < -0.4 is 0 Å². The fraction of sp³-hybridized carbons (Fsp3) is 0.900. The molecule has 0 spiro atoms. The van der Waals surface area contributed by atoms with E-state index in [1.54, 1.807) is 0 Å². The summed E-state index contributed by atoms with van der Waals surface area (Å²) in [4.78, 5) is 33.3. The van der Waals surface area contributed by atoms with E-state index in [9.17, 15) is 14.4 Å². The summed E-state index contributed by atoms with van der Waals surface area (Å²) in [6, 6.07) is 0. The van der Waals surface area contributed by atoms with Crippen LogP contribution in [0.4, 0.5) is 0 Å². The molecule has 0 aliphatic heterocycles. The summed E-state index contributed by atoms with van der Waals surface area (Å²) in [5.41, 5.74) is 0. The number of hydrogen-bond donors (Lipinski definition) is 0. The van der Waals surface area contributed by atoms with E-state index in [-0.39, 0.29) is 17.8 Å². The molecule has 0 N–H and O–H groups in total. The Balaban J connectivity index is -0.000000416. The van der Waals surface area contributed by atoms with E-state index >= 15 is 0 Å². The van der Waals surface area contributed by atoms with Crippen molar-refractivity contribution in [1.82, 2.24) is 0 Å². The first kappa shape index (κ1) is 36.6. The first-order valence-corrected chi connectivity index (χ1v) is 13.7. The minimum Gasteiger partial charge on any atom is -0.299 e. The van der Waals surface area contributed by atoms with Gasteiger partial charge in [-0.15, -0.1) is 0 Å². The minimum atomic E-state index is 0.215. The summed E-state index contributed by atoms with van der Waals surface area (Å²) < 4.78 is 0. The van der Waals surface area contributed by atoms with Crippen molar-refractivity contribution in [3.8, 4) is 0 Å². The molecule has 0 fully saturated rings. The van der Waals surface area contributed by atoms with E-state index in [0.29, 0.717) is 23.3 Å². The fourth-order valence-electron chi connectivity index (χ4n) is 2.93. The van der Waals surface area contributed by atoms with Gasteiger partial charge in [-0.1, -0.05) is 109 Å². The van der Waals surface area contributed by atoms with Gasteiger partial charge in [-0.25, -0.2) is 0 Å². The van der Waals surface area contributed by atoms with Crippen LogP contribution in [0, 0.1) is 35.5 Å². The van der Waals surface area contributed by atoms with Gasteiger partial charge >= 0.3 is 0 Å². The normalized spacial score (nSPS) is 11.1. The van der Waals surface area contributed by atoms with E-state index in [4.69, 9.17) is 0 Å². The van der Waals surface area contributed by atoms with Gasteiger partial charge in [0.05, 0.1) is 0 Å². The molecule has 0 saturated carbocycles. The molecule has 0 unspecified atom stereocenters. The maximum absolute atomic E-state index is 11.2. The summed E-state index contributed by atoms with van der Waals surface area (Å²) in [5.74, 6) is 3.93. The number of ketones is 3. The fourth-order valence-corrected chi connectivity index (χ4v) is 2.93. The molecule has 0 saturated heterocycles. The van der Waals surface area contributed by atoms with Gasteiger partial charge in [0.1, 0.15) is 17.3 Å². The minimum absolute atomic E-state index is 0.215. The SMILES string of the molecule is CC(C)CC(=O)C(C)C.CC(C)CCCC(=O)C(C)C.CC(C)CCCCCC(=O)C(C)C. The Labute approximate surface area is 208 Å². The Morgan fingerprint density at radius 2 is 0.788 bits per heavy atom. The summed E-state index contributed by atoms with van der Waals surface area (Å²) in [5, 5.41) is 0. The highest BCUT2D eigenvalue weighted by atomic mass is 16.1. The maximum atomic E-state index is 11.2.